The molecular weight excluding hydrogens is 276 g/mol. The van der Waals surface area contributed by atoms with Crippen LogP contribution < -0.4 is 15.5 Å². The van der Waals surface area contributed by atoms with E-state index in [2.05, 4.69) is 20.5 Å². The summed E-state index contributed by atoms with van der Waals surface area (Å²) in [5.74, 6) is 1.36. The van der Waals surface area contributed by atoms with Gasteiger partial charge in [0.2, 0.25) is 5.91 Å². The van der Waals surface area contributed by atoms with Crippen LogP contribution in [0.4, 0.5) is 11.5 Å². The normalized spacial score (nSPS) is 18.3. The van der Waals surface area contributed by atoms with Gasteiger partial charge in [-0.15, -0.1) is 12.4 Å². The number of aromatic nitrogens is 1. The van der Waals surface area contributed by atoms with Crippen molar-refractivity contribution in [3.8, 4) is 0 Å². The van der Waals surface area contributed by atoms with Gasteiger partial charge in [-0.05, 0) is 30.9 Å². The van der Waals surface area contributed by atoms with Crippen molar-refractivity contribution in [1.29, 1.82) is 0 Å². The molecule has 110 valence electrons. The minimum Gasteiger partial charge on any atom is -0.368 e. The van der Waals surface area contributed by atoms with E-state index in [1.54, 1.807) is 0 Å². The fraction of sp³-hybridized carbons (Fsp3) is 0.571. The maximum atomic E-state index is 11.7. The Labute approximate surface area is 125 Å². The van der Waals surface area contributed by atoms with E-state index >= 15 is 0 Å². The highest BCUT2D eigenvalue weighted by molar-refractivity contribution is 5.90. The molecule has 3 rings (SSSR count). The fourth-order valence-corrected chi connectivity index (χ4v) is 2.35. The Hall–Kier alpha value is -1.33. The van der Waals surface area contributed by atoms with E-state index in [9.17, 15) is 4.79 Å². The molecule has 1 saturated carbocycles. The second-order valence-corrected chi connectivity index (χ2v) is 5.33. The summed E-state index contributed by atoms with van der Waals surface area (Å²) in [5, 5.41) is 6.19. The summed E-state index contributed by atoms with van der Waals surface area (Å²) < 4.78 is 0. The average molecular weight is 297 g/mol. The van der Waals surface area contributed by atoms with Crippen LogP contribution in [-0.2, 0) is 4.79 Å². The molecular formula is C14H21ClN4O. The van der Waals surface area contributed by atoms with Gasteiger partial charge in [0.25, 0.3) is 0 Å². The van der Waals surface area contributed by atoms with Crippen molar-refractivity contribution in [2.45, 2.75) is 19.3 Å². The van der Waals surface area contributed by atoms with Crippen molar-refractivity contribution < 1.29 is 4.79 Å². The maximum absolute atomic E-state index is 11.7. The largest absolute Gasteiger partial charge is 0.368 e. The zero-order valence-electron chi connectivity index (χ0n) is 11.5. The zero-order chi connectivity index (χ0) is 13.1. The summed E-state index contributed by atoms with van der Waals surface area (Å²) in [6, 6.07) is 3.92. The van der Waals surface area contributed by atoms with Gasteiger partial charge in [-0.1, -0.05) is 0 Å². The Morgan fingerprint density at radius 2 is 2.10 bits per heavy atom. The predicted molar refractivity (Wildman–Crippen MR) is 82.5 cm³/mol. The first kappa shape index (κ1) is 15.1. The van der Waals surface area contributed by atoms with Crippen molar-refractivity contribution in [2.75, 3.05) is 36.4 Å². The number of piperazine rings is 1. The SMILES string of the molecule is Cl.O=C(CC1CC1)Nc1ccc(N2CCNCC2)cn1. The number of rotatable bonds is 4. The highest BCUT2D eigenvalue weighted by atomic mass is 35.5. The Balaban J connectivity index is 0.00000147. The quantitative estimate of drug-likeness (QED) is 0.887. The smallest absolute Gasteiger partial charge is 0.225 e. The van der Waals surface area contributed by atoms with Gasteiger partial charge in [0, 0.05) is 32.6 Å². The number of amides is 1. The van der Waals surface area contributed by atoms with Gasteiger partial charge < -0.3 is 15.5 Å². The lowest BCUT2D eigenvalue weighted by Crippen LogP contribution is -2.43. The van der Waals surface area contributed by atoms with Crippen LogP contribution in [0, 0.1) is 5.92 Å². The molecule has 1 aromatic heterocycles. The Kier molecular flexibility index (Phi) is 5.20. The van der Waals surface area contributed by atoms with E-state index in [0.29, 0.717) is 18.2 Å². The number of pyridine rings is 1. The van der Waals surface area contributed by atoms with Gasteiger partial charge in [-0.25, -0.2) is 4.98 Å². The lowest BCUT2D eigenvalue weighted by molar-refractivity contribution is -0.116. The number of anilines is 2. The first-order valence-corrected chi connectivity index (χ1v) is 7.03. The molecule has 1 aliphatic carbocycles. The standard InChI is InChI=1S/C14H20N4O.ClH/c19-14(9-11-1-2-11)17-13-4-3-12(10-16-13)18-7-5-15-6-8-18;/h3-4,10-11,15H,1-2,5-9H2,(H,16,17,19);1H. The topological polar surface area (TPSA) is 57.3 Å². The van der Waals surface area contributed by atoms with Crippen molar-refractivity contribution >= 4 is 29.8 Å². The van der Waals surface area contributed by atoms with Gasteiger partial charge in [0.05, 0.1) is 11.9 Å². The highest BCUT2D eigenvalue weighted by Gasteiger charge is 2.24. The van der Waals surface area contributed by atoms with E-state index in [0.717, 1.165) is 31.9 Å². The van der Waals surface area contributed by atoms with Crippen molar-refractivity contribution in [3.05, 3.63) is 18.3 Å². The van der Waals surface area contributed by atoms with Crippen molar-refractivity contribution in [2.24, 2.45) is 5.92 Å². The van der Waals surface area contributed by atoms with Crippen molar-refractivity contribution in [3.63, 3.8) is 0 Å². The maximum Gasteiger partial charge on any atom is 0.225 e. The molecule has 6 heteroatoms. The number of hydrogen-bond donors (Lipinski definition) is 2. The van der Waals surface area contributed by atoms with E-state index in [4.69, 9.17) is 0 Å². The van der Waals surface area contributed by atoms with Crippen LogP contribution >= 0.6 is 12.4 Å². The minimum atomic E-state index is 0. The lowest BCUT2D eigenvalue weighted by Gasteiger charge is -2.29. The number of nitrogens with zero attached hydrogens (tertiary/aromatic N) is 2. The molecule has 5 nitrogen and oxygen atoms in total. The van der Waals surface area contributed by atoms with Gasteiger partial charge in [0.1, 0.15) is 5.82 Å². The third-order valence-electron chi connectivity index (χ3n) is 3.67. The molecule has 0 bridgehead atoms. The monoisotopic (exact) mass is 296 g/mol. The number of carbonyl (C=O) groups is 1. The fourth-order valence-electron chi connectivity index (χ4n) is 2.35. The van der Waals surface area contributed by atoms with E-state index < -0.39 is 0 Å². The van der Waals surface area contributed by atoms with Crippen molar-refractivity contribution in [1.82, 2.24) is 10.3 Å². The second-order valence-electron chi connectivity index (χ2n) is 5.33. The molecule has 0 unspecified atom stereocenters. The number of carbonyl (C=O) groups excluding carboxylic acids is 1. The molecule has 2 heterocycles. The van der Waals surface area contributed by atoms with Crippen LogP contribution in [-0.4, -0.2) is 37.1 Å². The number of halogens is 1. The Morgan fingerprint density at radius 3 is 2.70 bits per heavy atom. The van der Waals surface area contributed by atoms with Gasteiger partial charge in [0.15, 0.2) is 0 Å². The molecule has 1 aliphatic heterocycles. The molecule has 1 saturated heterocycles. The summed E-state index contributed by atoms with van der Waals surface area (Å²) in [6.45, 7) is 4.05. The van der Waals surface area contributed by atoms with E-state index in [-0.39, 0.29) is 18.3 Å². The number of hydrogen-bond acceptors (Lipinski definition) is 4. The molecule has 0 radical (unpaired) electrons. The zero-order valence-corrected chi connectivity index (χ0v) is 12.3. The third-order valence-corrected chi connectivity index (χ3v) is 3.67. The molecule has 0 aromatic carbocycles. The van der Waals surface area contributed by atoms with Crippen LogP contribution in [0.15, 0.2) is 18.3 Å². The summed E-state index contributed by atoms with van der Waals surface area (Å²) in [5.41, 5.74) is 1.13. The van der Waals surface area contributed by atoms with Crippen LogP contribution in [0.5, 0.6) is 0 Å². The first-order chi connectivity index (χ1) is 9.31. The van der Waals surface area contributed by atoms with Gasteiger partial charge >= 0.3 is 0 Å². The van der Waals surface area contributed by atoms with Crippen LogP contribution in [0.2, 0.25) is 0 Å². The van der Waals surface area contributed by atoms with Gasteiger partial charge in [-0.3, -0.25) is 4.79 Å². The minimum absolute atomic E-state index is 0. The Morgan fingerprint density at radius 1 is 1.35 bits per heavy atom. The second kappa shape index (κ2) is 6.90. The van der Waals surface area contributed by atoms with E-state index in [1.807, 2.05) is 18.3 Å². The van der Waals surface area contributed by atoms with Crippen LogP contribution in [0.1, 0.15) is 19.3 Å². The highest BCUT2D eigenvalue weighted by Crippen LogP contribution is 2.32. The van der Waals surface area contributed by atoms with Crippen LogP contribution in [0.3, 0.4) is 0 Å². The number of nitrogens with one attached hydrogen (secondary N) is 2. The summed E-state index contributed by atoms with van der Waals surface area (Å²) in [7, 11) is 0. The van der Waals surface area contributed by atoms with E-state index in [1.165, 1.54) is 12.8 Å². The molecule has 0 spiro atoms. The molecule has 20 heavy (non-hydrogen) atoms. The molecule has 1 aromatic rings. The molecule has 1 amide bonds. The first-order valence-electron chi connectivity index (χ1n) is 7.03. The molecule has 0 atom stereocenters. The summed E-state index contributed by atoms with van der Waals surface area (Å²) >= 11 is 0. The van der Waals surface area contributed by atoms with Gasteiger partial charge in [-0.2, -0.15) is 0 Å². The van der Waals surface area contributed by atoms with Crippen LogP contribution in [0.25, 0.3) is 0 Å². The third kappa shape index (κ3) is 4.08. The summed E-state index contributed by atoms with van der Waals surface area (Å²) in [4.78, 5) is 18.3. The molecule has 2 fully saturated rings. The predicted octanol–water partition coefficient (Wildman–Crippen LogP) is 1.65. The lowest BCUT2D eigenvalue weighted by atomic mass is 10.2. The Bertz CT molecular complexity index is 441. The molecule has 2 aliphatic rings. The summed E-state index contributed by atoms with van der Waals surface area (Å²) in [6.07, 6.45) is 4.88. The average Bonchev–Trinajstić information content (AvgIpc) is 3.24. The molecule has 2 N–H and O–H groups in total.